The van der Waals surface area contributed by atoms with Gasteiger partial charge in [0.25, 0.3) is 0 Å². The van der Waals surface area contributed by atoms with Gasteiger partial charge in [-0.25, -0.2) is 0 Å². The number of hydrogen-bond donors (Lipinski definition) is 0. The normalized spacial score (nSPS) is 17.5. The summed E-state index contributed by atoms with van der Waals surface area (Å²) in [5.41, 5.74) is -1.66. The summed E-state index contributed by atoms with van der Waals surface area (Å²) in [6.07, 6.45) is -8.87. The molecule has 0 radical (unpaired) electrons. The number of hydrogen-bond acceptors (Lipinski definition) is 3. The van der Waals surface area contributed by atoms with E-state index < -0.39 is 35.7 Å². The number of nitrogens with zero attached hydrogens (tertiary/aromatic N) is 2. The lowest BCUT2D eigenvalue weighted by Crippen LogP contribution is -2.31. The van der Waals surface area contributed by atoms with Gasteiger partial charge >= 0.3 is 12.4 Å². The number of likely N-dealkylation sites (N-methyl/N-ethyl adjacent to an activating group) is 1. The van der Waals surface area contributed by atoms with Crippen LogP contribution in [0.5, 0.6) is 0 Å². The maximum Gasteiger partial charge on any atom is 0.416 e. The molecule has 1 atom stereocenters. The molecule has 1 aliphatic rings. The van der Waals surface area contributed by atoms with E-state index in [9.17, 15) is 31.1 Å². The molecular formula is C22H22F6N2O. The molecule has 0 bridgehead atoms. The van der Waals surface area contributed by atoms with E-state index in [1.807, 2.05) is 19.0 Å². The number of alkyl halides is 6. The summed E-state index contributed by atoms with van der Waals surface area (Å²) in [4.78, 5) is 16.5. The summed E-state index contributed by atoms with van der Waals surface area (Å²) < 4.78 is 79.1. The molecule has 168 valence electrons. The van der Waals surface area contributed by atoms with E-state index in [1.54, 1.807) is 4.90 Å². The largest absolute Gasteiger partial charge is 0.416 e. The van der Waals surface area contributed by atoms with Crippen molar-refractivity contribution >= 4 is 11.5 Å². The summed E-state index contributed by atoms with van der Waals surface area (Å²) >= 11 is 0. The Morgan fingerprint density at radius 2 is 1.68 bits per heavy atom. The molecule has 0 saturated carbocycles. The Bertz CT molecular complexity index is 952. The third-order valence-corrected chi connectivity index (χ3v) is 5.44. The van der Waals surface area contributed by atoms with Crippen LogP contribution in [-0.2, 0) is 18.8 Å². The number of benzene rings is 2. The second-order valence-electron chi connectivity index (χ2n) is 7.92. The number of carbonyl (C=O) groups is 1. The van der Waals surface area contributed by atoms with Crippen molar-refractivity contribution in [1.82, 2.24) is 4.90 Å². The van der Waals surface area contributed by atoms with Crippen LogP contribution in [0.1, 0.15) is 33.5 Å². The van der Waals surface area contributed by atoms with Crippen LogP contribution in [-0.4, -0.2) is 43.9 Å². The molecule has 0 spiro atoms. The standard InChI is InChI=1S/C22H22F6N2O/c1-29(2)18-6-7-30(13-18)19-11-15(10-17(12-19)22(26,27)28)20(31)9-14-4-3-5-16(8-14)21(23,24)25/h3-5,8,10-12,18H,6-7,9,13H2,1-2H3. The third kappa shape index (κ3) is 5.58. The first kappa shape index (κ1) is 23.1. The predicted octanol–water partition coefficient (Wildman–Crippen LogP) is 5.29. The lowest BCUT2D eigenvalue weighted by Gasteiger charge is -2.23. The van der Waals surface area contributed by atoms with Crippen LogP contribution in [0.4, 0.5) is 32.0 Å². The van der Waals surface area contributed by atoms with Crippen molar-refractivity contribution in [2.45, 2.75) is 31.2 Å². The first-order valence-corrected chi connectivity index (χ1v) is 9.67. The fourth-order valence-electron chi connectivity index (χ4n) is 3.66. The van der Waals surface area contributed by atoms with E-state index in [1.165, 1.54) is 18.2 Å². The van der Waals surface area contributed by atoms with Gasteiger partial charge in [0, 0.05) is 36.8 Å². The van der Waals surface area contributed by atoms with Crippen LogP contribution >= 0.6 is 0 Å². The Hall–Kier alpha value is -2.55. The first-order chi connectivity index (χ1) is 14.3. The van der Waals surface area contributed by atoms with Gasteiger partial charge in [-0.2, -0.15) is 26.3 Å². The summed E-state index contributed by atoms with van der Waals surface area (Å²) in [5, 5.41) is 0. The number of halogens is 6. The number of Topliss-reactive ketones (excluding diaryl/α,β-unsaturated/α-hetero) is 1. The minimum absolute atomic E-state index is 0.0904. The lowest BCUT2D eigenvalue weighted by molar-refractivity contribution is -0.138. The van der Waals surface area contributed by atoms with Crippen LogP contribution in [0.15, 0.2) is 42.5 Å². The van der Waals surface area contributed by atoms with Crippen molar-refractivity contribution in [2.75, 3.05) is 32.1 Å². The quantitative estimate of drug-likeness (QED) is 0.463. The first-order valence-electron chi connectivity index (χ1n) is 9.67. The molecule has 1 aliphatic heterocycles. The number of anilines is 1. The van der Waals surface area contributed by atoms with Crippen molar-refractivity contribution in [1.29, 1.82) is 0 Å². The maximum absolute atomic E-state index is 13.5. The van der Waals surface area contributed by atoms with Gasteiger partial charge in [-0.05, 0) is 50.3 Å². The fraction of sp³-hybridized carbons (Fsp3) is 0.409. The van der Waals surface area contributed by atoms with Crippen LogP contribution in [0.25, 0.3) is 0 Å². The van der Waals surface area contributed by atoms with Crippen molar-refractivity contribution in [2.24, 2.45) is 0 Å². The zero-order valence-corrected chi connectivity index (χ0v) is 17.0. The maximum atomic E-state index is 13.5. The Labute approximate surface area is 176 Å². The van der Waals surface area contributed by atoms with Crippen LogP contribution in [0, 0.1) is 0 Å². The third-order valence-electron chi connectivity index (χ3n) is 5.44. The molecule has 9 heteroatoms. The molecule has 2 aromatic carbocycles. The minimum Gasteiger partial charge on any atom is -0.370 e. The Kier molecular flexibility index (Phi) is 6.36. The smallest absolute Gasteiger partial charge is 0.370 e. The molecule has 0 aromatic heterocycles. The molecule has 1 unspecified atom stereocenters. The van der Waals surface area contributed by atoms with Crippen LogP contribution < -0.4 is 4.90 Å². The molecule has 31 heavy (non-hydrogen) atoms. The highest BCUT2D eigenvalue weighted by atomic mass is 19.4. The zero-order valence-electron chi connectivity index (χ0n) is 17.0. The molecule has 3 rings (SSSR count). The predicted molar refractivity (Wildman–Crippen MR) is 105 cm³/mol. The van der Waals surface area contributed by atoms with Gasteiger partial charge in [-0.15, -0.1) is 0 Å². The second-order valence-corrected chi connectivity index (χ2v) is 7.92. The van der Waals surface area contributed by atoms with Crippen molar-refractivity contribution < 1.29 is 31.1 Å². The van der Waals surface area contributed by atoms with Gasteiger partial charge in [0.2, 0.25) is 0 Å². The molecule has 3 nitrogen and oxygen atoms in total. The van der Waals surface area contributed by atoms with E-state index in [4.69, 9.17) is 0 Å². The molecule has 1 heterocycles. The van der Waals surface area contributed by atoms with E-state index in [0.29, 0.717) is 13.1 Å². The highest BCUT2D eigenvalue weighted by Gasteiger charge is 2.34. The average Bonchev–Trinajstić information content (AvgIpc) is 3.17. The van der Waals surface area contributed by atoms with Gasteiger partial charge in [0.1, 0.15) is 0 Å². The molecule has 1 fully saturated rings. The Morgan fingerprint density at radius 3 is 2.26 bits per heavy atom. The molecular weight excluding hydrogens is 422 g/mol. The van der Waals surface area contributed by atoms with Gasteiger partial charge in [0.05, 0.1) is 11.1 Å². The summed E-state index contributed by atoms with van der Waals surface area (Å²) in [5.74, 6) is -0.671. The summed E-state index contributed by atoms with van der Waals surface area (Å²) in [6.45, 7) is 1.07. The molecule has 2 aromatic rings. The van der Waals surface area contributed by atoms with E-state index in [0.717, 1.165) is 30.7 Å². The Morgan fingerprint density at radius 1 is 1.00 bits per heavy atom. The monoisotopic (exact) mass is 444 g/mol. The highest BCUT2D eigenvalue weighted by molar-refractivity contribution is 5.98. The SMILES string of the molecule is CN(C)C1CCN(c2cc(C(=O)Cc3cccc(C(F)(F)F)c3)cc(C(F)(F)F)c2)C1. The summed E-state index contributed by atoms with van der Waals surface area (Å²) in [7, 11) is 3.79. The summed E-state index contributed by atoms with van der Waals surface area (Å²) in [6, 6.07) is 7.60. The van der Waals surface area contributed by atoms with Crippen molar-refractivity contribution in [3.63, 3.8) is 0 Å². The van der Waals surface area contributed by atoms with Gasteiger partial charge in [0.15, 0.2) is 5.78 Å². The van der Waals surface area contributed by atoms with E-state index >= 15 is 0 Å². The van der Waals surface area contributed by atoms with Crippen LogP contribution in [0.2, 0.25) is 0 Å². The molecule has 0 amide bonds. The van der Waals surface area contributed by atoms with Crippen molar-refractivity contribution in [3.8, 4) is 0 Å². The molecule has 0 aliphatic carbocycles. The van der Waals surface area contributed by atoms with Gasteiger partial charge < -0.3 is 9.80 Å². The van der Waals surface area contributed by atoms with E-state index in [2.05, 4.69) is 0 Å². The van der Waals surface area contributed by atoms with Gasteiger partial charge in [-0.3, -0.25) is 4.79 Å². The fourth-order valence-corrected chi connectivity index (χ4v) is 3.66. The lowest BCUT2D eigenvalue weighted by atomic mass is 9.98. The Balaban J connectivity index is 1.90. The highest BCUT2D eigenvalue weighted by Crippen LogP contribution is 2.35. The molecule has 1 saturated heterocycles. The minimum atomic E-state index is -4.65. The van der Waals surface area contributed by atoms with Crippen molar-refractivity contribution in [3.05, 3.63) is 64.7 Å². The van der Waals surface area contributed by atoms with E-state index in [-0.39, 0.29) is 22.9 Å². The number of rotatable bonds is 5. The zero-order chi connectivity index (χ0) is 23.0. The number of ketones is 1. The number of carbonyl (C=O) groups excluding carboxylic acids is 1. The van der Waals surface area contributed by atoms with Gasteiger partial charge in [-0.1, -0.05) is 18.2 Å². The topological polar surface area (TPSA) is 23.6 Å². The average molecular weight is 444 g/mol. The second kappa shape index (κ2) is 8.53. The van der Waals surface area contributed by atoms with Crippen LogP contribution in [0.3, 0.4) is 0 Å². The molecule has 0 N–H and O–H groups in total.